The summed E-state index contributed by atoms with van der Waals surface area (Å²) in [6, 6.07) is 10.3. The monoisotopic (exact) mass is 273 g/mol. The maximum atomic E-state index is 12.7. The van der Waals surface area contributed by atoms with Crippen LogP contribution in [0.15, 0.2) is 30.3 Å². The summed E-state index contributed by atoms with van der Waals surface area (Å²) in [5, 5.41) is 0. The maximum Gasteiger partial charge on any atom is 0.154 e. The number of piperidine rings is 1. The van der Waals surface area contributed by atoms with Crippen LogP contribution in [0.3, 0.4) is 0 Å². The SMILES string of the molecule is CCCCCC(=O)C(c1ccccc1)N1CCCCC1. The lowest BCUT2D eigenvalue weighted by Gasteiger charge is -2.34. The molecule has 0 saturated carbocycles. The van der Waals surface area contributed by atoms with E-state index in [1.807, 2.05) is 18.2 Å². The van der Waals surface area contributed by atoms with E-state index >= 15 is 0 Å². The van der Waals surface area contributed by atoms with E-state index in [9.17, 15) is 4.79 Å². The molecule has 0 spiro atoms. The number of likely N-dealkylation sites (tertiary alicyclic amines) is 1. The predicted molar refractivity (Wildman–Crippen MR) is 83.8 cm³/mol. The number of rotatable bonds is 7. The molecule has 2 heteroatoms. The Morgan fingerprint density at radius 3 is 2.45 bits per heavy atom. The second kappa shape index (κ2) is 8.21. The lowest BCUT2D eigenvalue weighted by atomic mass is 9.95. The van der Waals surface area contributed by atoms with Gasteiger partial charge in [0.1, 0.15) is 0 Å². The zero-order valence-electron chi connectivity index (χ0n) is 12.7. The zero-order chi connectivity index (χ0) is 14.2. The van der Waals surface area contributed by atoms with Gasteiger partial charge in [0, 0.05) is 6.42 Å². The molecule has 0 amide bonds. The molecule has 1 aliphatic heterocycles. The number of unbranched alkanes of at least 4 members (excludes halogenated alkanes) is 2. The molecule has 2 rings (SSSR count). The second-order valence-electron chi connectivity index (χ2n) is 5.83. The fraction of sp³-hybridized carbons (Fsp3) is 0.611. The molecule has 1 atom stereocenters. The Bertz CT molecular complexity index is 395. The maximum absolute atomic E-state index is 12.7. The largest absolute Gasteiger partial charge is 0.298 e. The van der Waals surface area contributed by atoms with Crippen LogP contribution in [-0.2, 0) is 4.79 Å². The minimum Gasteiger partial charge on any atom is -0.298 e. The molecule has 1 aliphatic rings. The Balaban J connectivity index is 2.09. The number of nitrogens with zero attached hydrogens (tertiary/aromatic N) is 1. The van der Waals surface area contributed by atoms with Gasteiger partial charge in [-0.2, -0.15) is 0 Å². The molecule has 1 heterocycles. The highest BCUT2D eigenvalue weighted by Crippen LogP contribution is 2.27. The van der Waals surface area contributed by atoms with Crippen LogP contribution in [0.1, 0.15) is 63.5 Å². The third-order valence-corrected chi connectivity index (χ3v) is 4.20. The van der Waals surface area contributed by atoms with Crippen LogP contribution in [0, 0.1) is 0 Å². The Morgan fingerprint density at radius 1 is 1.10 bits per heavy atom. The number of hydrogen-bond acceptors (Lipinski definition) is 2. The molecule has 0 radical (unpaired) electrons. The Labute approximate surface area is 123 Å². The molecule has 20 heavy (non-hydrogen) atoms. The minimum absolute atomic E-state index is 0.00615. The Kier molecular flexibility index (Phi) is 6.25. The predicted octanol–water partition coefficient (Wildman–Crippen LogP) is 4.36. The molecule has 1 unspecified atom stereocenters. The van der Waals surface area contributed by atoms with Gasteiger partial charge < -0.3 is 0 Å². The molecule has 1 aromatic carbocycles. The average Bonchev–Trinajstić information content (AvgIpc) is 2.50. The highest BCUT2D eigenvalue weighted by Gasteiger charge is 2.27. The van der Waals surface area contributed by atoms with Gasteiger partial charge in [-0.05, 0) is 37.9 Å². The first kappa shape index (κ1) is 15.2. The van der Waals surface area contributed by atoms with Crippen LogP contribution < -0.4 is 0 Å². The molecule has 1 fully saturated rings. The summed E-state index contributed by atoms with van der Waals surface area (Å²) < 4.78 is 0. The third-order valence-electron chi connectivity index (χ3n) is 4.20. The number of Topliss-reactive ketones (excluding diaryl/α,β-unsaturated/α-hetero) is 1. The van der Waals surface area contributed by atoms with E-state index < -0.39 is 0 Å². The molecule has 2 nitrogen and oxygen atoms in total. The second-order valence-corrected chi connectivity index (χ2v) is 5.83. The quantitative estimate of drug-likeness (QED) is 0.688. The van der Waals surface area contributed by atoms with Crippen molar-refractivity contribution in [3.63, 3.8) is 0 Å². The number of benzene rings is 1. The fourth-order valence-electron chi connectivity index (χ4n) is 3.10. The van der Waals surface area contributed by atoms with E-state index in [0.29, 0.717) is 5.78 Å². The van der Waals surface area contributed by atoms with Gasteiger partial charge in [0.15, 0.2) is 5.78 Å². The van der Waals surface area contributed by atoms with Gasteiger partial charge >= 0.3 is 0 Å². The molecule has 0 aromatic heterocycles. The van der Waals surface area contributed by atoms with Gasteiger partial charge in [-0.15, -0.1) is 0 Å². The van der Waals surface area contributed by atoms with Crippen molar-refractivity contribution < 1.29 is 4.79 Å². The van der Waals surface area contributed by atoms with Crippen molar-refractivity contribution in [3.05, 3.63) is 35.9 Å². The lowest BCUT2D eigenvalue weighted by molar-refractivity contribution is -0.125. The van der Waals surface area contributed by atoms with Crippen LogP contribution in [0.2, 0.25) is 0 Å². The first-order valence-corrected chi connectivity index (χ1v) is 8.14. The topological polar surface area (TPSA) is 20.3 Å². The first-order chi connectivity index (χ1) is 9.83. The number of carbonyl (C=O) groups excluding carboxylic acids is 1. The van der Waals surface area contributed by atoms with Gasteiger partial charge in [-0.1, -0.05) is 56.5 Å². The van der Waals surface area contributed by atoms with Crippen molar-refractivity contribution in [1.29, 1.82) is 0 Å². The summed E-state index contributed by atoms with van der Waals surface area (Å²) >= 11 is 0. The summed E-state index contributed by atoms with van der Waals surface area (Å²) in [5.41, 5.74) is 1.18. The van der Waals surface area contributed by atoms with Gasteiger partial charge in [0.05, 0.1) is 6.04 Å². The van der Waals surface area contributed by atoms with E-state index in [-0.39, 0.29) is 6.04 Å². The average molecular weight is 273 g/mol. The summed E-state index contributed by atoms with van der Waals surface area (Å²) in [6.07, 6.45) is 7.86. The number of hydrogen-bond donors (Lipinski definition) is 0. The first-order valence-electron chi connectivity index (χ1n) is 8.14. The third kappa shape index (κ3) is 4.17. The van der Waals surface area contributed by atoms with Crippen molar-refractivity contribution in [2.24, 2.45) is 0 Å². The number of carbonyl (C=O) groups is 1. The molecule has 1 saturated heterocycles. The highest BCUT2D eigenvalue weighted by molar-refractivity contribution is 5.85. The summed E-state index contributed by atoms with van der Waals surface area (Å²) in [7, 11) is 0. The number of ketones is 1. The van der Waals surface area contributed by atoms with E-state index in [0.717, 1.165) is 32.4 Å². The standard InChI is InChI=1S/C18H27NO/c1-2-3-6-13-17(20)18(16-11-7-4-8-12-16)19-14-9-5-10-15-19/h4,7-8,11-12,18H,2-3,5-6,9-10,13-15H2,1H3. The Morgan fingerprint density at radius 2 is 1.80 bits per heavy atom. The van der Waals surface area contributed by atoms with Crippen molar-refractivity contribution in [3.8, 4) is 0 Å². The van der Waals surface area contributed by atoms with Crippen LogP contribution in [0.4, 0.5) is 0 Å². The van der Waals surface area contributed by atoms with Crippen LogP contribution in [0.5, 0.6) is 0 Å². The van der Waals surface area contributed by atoms with E-state index in [1.54, 1.807) is 0 Å². The van der Waals surface area contributed by atoms with Crippen LogP contribution in [0.25, 0.3) is 0 Å². The smallest absolute Gasteiger partial charge is 0.154 e. The zero-order valence-corrected chi connectivity index (χ0v) is 12.7. The van der Waals surface area contributed by atoms with E-state index in [1.165, 1.54) is 31.2 Å². The van der Waals surface area contributed by atoms with Crippen molar-refractivity contribution in [1.82, 2.24) is 4.90 Å². The molecule has 0 N–H and O–H groups in total. The normalized spacial score (nSPS) is 17.9. The van der Waals surface area contributed by atoms with Gasteiger partial charge in [-0.3, -0.25) is 9.69 Å². The van der Waals surface area contributed by atoms with Gasteiger partial charge in [-0.25, -0.2) is 0 Å². The molecular formula is C18H27NO. The minimum atomic E-state index is -0.00615. The van der Waals surface area contributed by atoms with E-state index in [2.05, 4.69) is 24.0 Å². The van der Waals surface area contributed by atoms with Crippen molar-refractivity contribution in [2.45, 2.75) is 57.9 Å². The van der Waals surface area contributed by atoms with Crippen molar-refractivity contribution >= 4 is 5.78 Å². The van der Waals surface area contributed by atoms with Gasteiger partial charge in [0.25, 0.3) is 0 Å². The van der Waals surface area contributed by atoms with Crippen LogP contribution >= 0.6 is 0 Å². The molecule has 0 aliphatic carbocycles. The fourth-order valence-corrected chi connectivity index (χ4v) is 3.10. The van der Waals surface area contributed by atoms with Crippen molar-refractivity contribution in [2.75, 3.05) is 13.1 Å². The summed E-state index contributed by atoms with van der Waals surface area (Å²) in [4.78, 5) is 15.1. The van der Waals surface area contributed by atoms with E-state index in [4.69, 9.17) is 0 Å². The highest BCUT2D eigenvalue weighted by atomic mass is 16.1. The lowest BCUT2D eigenvalue weighted by Crippen LogP contribution is -2.37. The molecular weight excluding hydrogens is 246 g/mol. The summed E-state index contributed by atoms with van der Waals surface area (Å²) in [5.74, 6) is 0.409. The molecule has 110 valence electrons. The van der Waals surface area contributed by atoms with Crippen LogP contribution in [-0.4, -0.2) is 23.8 Å². The molecule has 0 bridgehead atoms. The molecule has 1 aromatic rings. The Hall–Kier alpha value is -1.15. The summed E-state index contributed by atoms with van der Waals surface area (Å²) in [6.45, 7) is 4.32. The van der Waals surface area contributed by atoms with Gasteiger partial charge in [0.2, 0.25) is 0 Å².